The zero-order valence-electron chi connectivity index (χ0n) is 15.5. The minimum Gasteiger partial charge on any atom is -0.309 e. The highest BCUT2D eigenvalue weighted by molar-refractivity contribution is 5.94. The first-order valence-corrected chi connectivity index (χ1v) is 9.26. The van der Waals surface area contributed by atoms with E-state index in [-0.39, 0.29) is 11.8 Å². The Kier molecular flexibility index (Phi) is 3.55. The summed E-state index contributed by atoms with van der Waals surface area (Å²) in [6, 6.07) is 7.90. The molecular weight excluding hydrogens is 340 g/mol. The van der Waals surface area contributed by atoms with E-state index in [1.165, 1.54) is 0 Å². The van der Waals surface area contributed by atoms with Crippen molar-refractivity contribution >= 4 is 22.6 Å². The molecule has 1 amide bonds. The molecule has 3 heterocycles. The summed E-state index contributed by atoms with van der Waals surface area (Å²) >= 11 is 0. The van der Waals surface area contributed by atoms with Crippen molar-refractivity contribution in [2.24, 2.45) is 18.4 Å². The van der Waals surface area contributed by atoms with Crippen molar-refractivity contribution in [1.29, 1.82) is 0 Å². The van der Waals surface area contributed by atoms with Crippen molar-refractivity contribution in [3.05, 3.63) is 36.7 Å². The van der Waals surface area contributed by atoms with Crippen LogP contribution in [-0.2, 0) is 11.8 Å². The van der Waals surface area contributed by atoms with Crippen LogP contribution in [0.15, 0.2) is 36.7 Å². The van der Waals surface area contributed by atoms with Crippen LogP contribution in [0.2, 0.25) is 0 Å². The number of nitrogens with zero attached hydrogens (tertiary/aromatic N) is 5. The minimum absolute atomic E-state index is 0.0623. The molecule has 7 nitrogen and oxygen atoms in total. The van der Waals surface area contributed by atoms with E-state index >= 15 is 0 Å². The summed E-state index contributed by atoms with van der Waals surface area (Å²) in [6.45, 7) is 2.23. The number of hydrogen-bond donors (Lipinski definition) is 1. The number of carbonyl (C=O) groups is 1. The summed E-state index contributed by atoms with van der Waals surface area (Å²) in [5, 5.41) is 16.5. The van der Waals surface area contributed by atoms with Gasteiger partial charge in [-0.05, 0) is 49.1 Å². The molecule has 1 spiro atoms. The van der Waals surface area contributed by atoms with Crippen LogP contribution in [-0.4, -0.2) is 50.9 Å². The molecule has 1 saturated heterocycles. The lowest BCUT2D eigenvalue weighted by molar-refractivity contribution is -0.137. The summed E-state index contributed by atoms with van der Waals surface area (Å²) in [5.41, 5.74) is 3.31. The van der Waals surface area contributed by atoms with E-state index in [2.05, 4.69) is 38.6 Å². The number of amides is 1. The van der Waals surface area contributed by atoms with E-state index in [9.17, 15) is 4.79 Å². The fourth-order valence-corrected chi connectivity index (χ4v) is 4.61. The molecule has 2 aromatic heterocycles. The second-order valence-electron chi connectivity index (χ2n) is 8.17. The maximum Gasteiger partial charge on any atom is 0.228 e. The van der Waals surface area contributed by atoms with Gasteiger partial charge in [0.05, 0.1) is 11.7 Å². The molecule has 1 aliphatic carbocycles. The van der Waals surface area contributed by atoms with Gasteiger partial charge >= 0.3 is 0 Å². The maximum absolute atomic E-state index is 12.5. The number of fused-ring (bicyclic) bond motifs is 1. The van der Waals surface area contributed by atoms with Gasteiger partial charge in [0.25, 0.3) is 0 Å². The third kappa shape index (κ3) is 2.88. The average molecular weight is 362 g/mol. The predicted octanol–water partition coefficient (Wildman–Crippen LogP) is 2.31. The highest BCUT2D eigenvalue weighted by Gasteiger charge is 2.53. The quantitative estimate of drug-likeness (QED) is 0.774. The van der Waals surface area contributed by atoms with Crippen LogP contribution in [0.25, 0.3) is 22.0 Å². The highest BCUT2D eigenvalue weighted by Crippen LogP contribution is 2.51. The summed E-state index contributed by atoms with van der Waals surface area (Å²) in [7, 11) is 4.03. The number of carbonyl (C=O) groups excluding carboxylic acids is 1. The first-order chi connectivity index (χ1) is 13.0. The molecule has 0 radical (unpaired) electrons. The van der Waals surface area contributed by atoms with E-state index in [1.54, 1.807) is 4.68 Å². The normalized spacial score (nSPS) is 19.0. The van der Waals surface area contributed by atoms with Gasteiger partial charge in [0, 0.05) is 43.2 Å². The number of aromatic nitrogens is 4. The lowest BCUT2D eigenvalue weighted by Gasteiger charge is -2.57. The van der Waals surface area contributed by atoms with Crippen LogP contribution in [0.5, 0.6) is 0 Å². The Morgan fingerprint density at radius 3 is 2.67 bits per heavy atom. The highest BCUT2D eigenvalue weighted by atomic mass is 16.2. The standard InChI is InChI=1S/C20H22N6O/c1-25-11-20(12-25)7-15(8-20)19(27)22-18-6-14-5-13(3-4-17(14)23-24-18)16-9-21-26(2)10-16/h3-6,9-10,15H,7-8,11-12H2,1-2H3,(H,22,24,27). The molecule has 7 heteroatoms. The molecule has 0 unspecified atom stereocenters. The lowest BCUT2D eigenvalue weighted by atomic mass is 9.57. The number of nitrogens with one attached hydrogen (secondary N) is 1. The Morgan fingerprint density at radius 1 is 1.15 bits per heavy atom. The van der Waals surface area contributed by atoms with E-state index in [4.69, 9.17) is 0 Å². The molecular formula is C20H22N6O. The van der Waals surface area contributed by atoms with Crippen molar-refractivity contribution in [2.45, 2.75) is 12.8 Å². The maximum atomic E-state index is 12.5. The van der Waals surface area contributed by atoms with Crippen molar-refractivity contribution in [3.63, 3.8) is 0 Å². The zero-order valence-corrected chi connectivity index (χ0v) is 15.5. The molecule has 3 aromatic rings. The largest absolute Gasteiger partial charge is 0.309 e. The minimum atomic E-state index is 0.0623. The van der Waals surface area contributed by atoms with E-state index in [0.717, 1.165) is 48.0 Å². The number of aryl methyl sites for hydroxylation is 1. The molecule has 1 saturated carbocycles. The Labute approximate surface area is 157 Å². The van der Waals surface area contributed by atoms with Crippen molar-refractivity contribution in [3.8, 4) is 11.1 Å². The molecule has 1 aliphatic heterocycles. The Bertz CT molecular complexity index is 1030. The molecule has 2 fully saturated rings. The summed E-state index contributed by atoms with van der Waals surface area (Å²) in [5.74, 6) is 0.674. The fourth-order valence-electron chi connectivity index (χ4n) is 4.61. The second kappa shape index (κ2) is 5.85. The van der Waals surface area contributed by atoms with Gasteiger partial charge in [0.2, 0.25) is 5.91 Å². The molecule has 27 heavy (non-hydrogen) atoms. The van der Waals surface area contributed by atoms with Gasteiger partial charge in [-0.2, -0.15) is 5.10 Å². The van der Waals surface area contributed by atoms with Crippen LogP contribution < -0.4 is 5.32 Å². The number of likely N-dealkylation sites (tertiary alicyclic amines) is 1. The Balaban J connectivity index is 1.32. The summed E-state index contributed by atoms with van der Waals surface area (Å²) < 4.78 is 1.78. The molecule has 138 valence electrons. The lowest BCUT2D eigenvalue weighted by Crippen LogP contribution is -2.62. The van der Waals surface area contributed by atoms with Gasteiger partial charge in [-0.1, -0.05) is 6.07 Å². The third-order valence-electron chi connectivity index (χ3n) is 5.81. The molecule has 0 atom stereocenters. The number of anilines is 1. The number of benzene rings is 1. The van der Waals surface area contributed by atoms with Crippen LogP contribution in [0.1, 0.15) is 12.8 Å². The molecule has 1 N–H and O–H groups in total. The van der Waals surface area contributed by atoms with Gasteiger partial charge in [-0.3, -0.25) is 9.48 Å². The van der Waals surface area contributed by atoms with E-state index < -0.39 is 0 Å². The smallest absolute Gasteiger partial charge is 0.228 e. The van der Waals surface area contributed by atoms with Crippen molar-refractivity contribution in [2.75, 3.05) is 25.5 Å². The SMILES string of the molecule is CN1CC2(CC(C(=O)Nc3cc4cc(-c5cnn(C)c5)ccc4nn3)C2)C1. The van der Waals surface area contributed by atoms with E-state index in [1.807, 2.05) is 37.6 Å². The topological polar surface area (TPSA) is 75.9 Å². The van der Waals surface area contributed by atoms with Gasteiger partial charge in [0.1, 0.15) is 0 Å². The van der Waals surface area contributed by atoms with Gasteiger partial charge < -0.3 is 10.2 Å². The van der Waals surface area contributed by atoms with Gasteiger partial charge in [-0.15, -0.1) is 10.2 Å². The average Bonchev–Trinajstić information content (AvgIpc) is 3.02. The van der Waals surface area contributed by atoms with Crippen LogP contribution >= 0.6 is 0 Å². The first-order valence-electron chi connectivity index (χ1n) is 9.26. The van der Waals surface area contributed by atoms with Gasteiger partial charge in [-0.25, -0.2) is 0 Å². The Hall–Kier alpha value is -2.80. The Morgan fingerprint density at radius 2 is 1.96 bits per heavy atom. The molecule has 0 bridgehead atoms. The third-order valence-corrected chi connectivity index (χ3v) is 5.81. The van der Waals surface area contributed by atoms with Crippen LogP contribution in [0, 0.1) is 11.3 Å². The molecule has 1 aromatic carbocycles. The zero-order chi connectivity index (χ0) is 18.6. The van der Waals surface area contributed by atoms with Crippen LogP contribution in [0.4, 0.5) is 5.82 Å². The molecule has 5 rings (SSSR count). The van der Waals surface area contributed by atoms with Crippen molar-refractivity contribution in [1.82, 2.24) is 24.9 Å². The predicted molar refractivity (Wildman–Crippen MR) is 103 cm³/mol. The molecule has 2 aliphatic rings. The van der Waals surface area contributed by atoms with Crippen LogP contribution in [0.3, 0.4) is 0 Å². The second-order valence-corrected chi connectivity index (χ2v) is 8.17. The fraction of sp³-hybridized carbons (Fsp3) is 0.400. The number of rotatable bonds is 3. The number of hydrogen-bond acceptors (Lipinski definition) is 5. The first kappa shape index (κ1) is 16.4. The van der Waals surface area contributed by atoms with Gasteiger partial charge in [0.15, 0.2) is 5.82 Å². The monoisotopic (exact) mass is 362 g/mol. The van der Waals surface area contributed by atoms with Crippen molar-refractivity contribution < 1.29 is 4.79 Å². The van der Waals surface area contributed by atoms with E-state index in [0.29, 0.717) is 11.2 Å². The summed E-state index contributed by atoms with van der Waals surface area (Å²) in [4.78, 5) is 14.8. The summed E-state index contributed by atoms with van der Waals surface area (Å²) in [6.07, 6.45) is 5.77.